The maximum Gasteiger partial charge on any atom is 0.269 e. The molecule has 48 heavy (non-hydrogen) atoms. The number of carbonyl (C=O) groups excluding carboxylic acids is 3. The number of hydrogen-bond donors (Lipinski definition) is 2. The highest BCUT2D eigenvalue weighted by atomic mass is 19.2. The molecule has 13 heteroatoms. The second-order valence-corrected chi connectivity index (χ2v) is 13.0. The number of anilines is 1. The standard InChI is InChI=1S/C35H39F2N7O4/c1-19(2)13-26-32(33(38)46)31(23-17-40-44(34(23)41-26)22-9-11-42(4)12-10-22)21-6-8-27-28(15-21)48-29(16-30(45)39-3)35(47)43(27)18-20-5-7-24(36)25(37)14-20/h5-8,14-15,17,19,22,29H,9-13,16,18H2,1-4H3,(H2,38,46)(H,39,45). The first-order valence-corrected chi connectivity index (χ1v) is 16.1. The Balaban J connectivity index is 1.51. The van der Waals surface area contributed by atoms with Crippen molar-refractivity contribution in [3.63, 3.8) is 0 Å². The van der Waals surface area contributed by atoms with Gasteiger partial charge in [-0.05, 0) is 80.7 Å². The number of rotatable bonds is 9. The predicted octanol–water partition coefficient (Wildman–Crippen LogP) is 4.37. The molecule has 0 saturated carbocycles. The first-order valence-electron chi connectivity index (χ1n) is 16.1. The minimum absolute atomic E-state index is 0.0933. The molecule has 4 heterocycles. The van der Waals surface area contributed by atoms with E-state index in [2.05, 4.69) is 17.3 Å². The minimum Gasteiger partial charge on any atom is -0.478 e. The smallest absolute Gasteiger partial charge is 0.269 e. The Labute approximate surface area is 277 Å². The van der Waals surface area contributed by atoms with Crippen molar-refractivity contribution in [3.05, 3.63) is 71.1 Å². The van der Waals surface area contributed by atoms with Crippen LogP contribution in [0.1, 0.15) is 60.8 Å². The lowest BCUT2D eigenvalue weighted by atomic mass is 9.92. The van der Waals surface area contributed by atoms with Crippen molar-refractivity contribution >= 4 is 34.4 Å². The third-order valence-corrected chi connectivity index (χ3v) is 9.02. The van der Waals surface area contributed by atoms with Crippen molar-refractivity contribution in [2.45, 2.75) is 58.2 Å². The van der Waals surface area contributed by atoms with E-state index in [0.717, 1.165) is 38.1 Å². The number of halogens is 2. The molecule has 0 bridgehead atoms. The molecular formula is C35H39F2N7O4. The first kappa shape index (κ1) is 33.0. The number of piperidine rings is 1. The second-order valence-electron chi connectivity index (χ2n) is 13.0. The fraction of sp³-hybridized carbons (Fsp3) is 0.400. The summed E-state index contributed by atoms with van der Waals surface area (Å²) in [6.07, 6.45) is 2.59. The molecule has 3 amide bonds. The molecule has 3 N–H and O–H groups in total. The number of primary amides is 1. The number of hydrogen-bond acceptors (Lipinski definition) is 7. The molecule has 1 unspecified atom stereocenters. The Kier molecular flexibility index (Phi) is 9.15. The molecule has 0 spiro atoms. The molecule has 1 saturated heterocycles. The molecule has 2 aromatic carbocycles. The van der Waals surface area contributed by atoms with Gasteiger partial charge in [-0.1, -0.05) is 26.0 Å². The SMILES string of the molecule is CNC(=O)CC1Oc2cc(-c3c(C(N)=O)c(CC(C)C)nc4c3cnn4C3CCN(C)CC3)ccc2N(Cc2ccc(F)c(F)c2)C1=O. The largest absolute Gasteiger partial charge is 0.478 e. The Morgan fingerprint density at radius 3 is 2.52 bits per heavy atom. The molecular weight excluding hydrogens is 620 g/mol. The van der Waals surface area contributed by atoms with Gasteiger partial charge in [-0.15, -0.1) is 0 Å². The lowest BCUT2D eigenvalue weighted by molar-refractivity contribution is -0.132. The predicted molar refractivity (Wildman–Crippen MR) is 176 cm³/mol. The zero-order chi connectivity index (χ0) is 34.3. The van der Waals surface area contributed by atoms with E-state index in [-0.39, 0.29) is 36.2 Å². The zero-order valence-electron chi connectivity index (χ0n) is 27.4. The highest BCUT2D eigenvalue weighted by molar-refractivity contribution is 6.09. The van der Waals surface area contributed by atoms with Crippen molar-refractivity contribution in [1.29, 1.82) is 0 Å². The van der Waals surface area contributed by atoms with E-state index in [1.807, 2.05) is 18.5 Å². The van der Waals surface area contributed by atoms with Gasteiger partial charge in [0.1, 0.15) is 5.75 Å². The van der Waals surface area contributed by atoms with Crippen LogP contribution >= 0.6 is 0 Å². The summed E-state index contributed by atoms with van der Waals surface area (Å²) in [6.45, 7) is 5.85. The van der Waals surface area contributed by atoms with E-state index in [4.69, 9.17) is 20.6 Å². The van der Waals surface area contributed by atoms with Crippen LogP contribution in [0.3, 0.4) is 0 Å². The van der Waals surface area contributed by atoms with Gasteiger partial charge in [0.25, 0.3) is 11.8 Å². The summed E-state index contributed by atoms with van der Waals surface area (Å²) in [6, 6.07) is 8.73. The van der Waals surface area contributed by atoms with Gasteiger partial charge in [-0.2, -0.15) is 5.10 Å². The minimum atomic E-state index is -1.19. The van der Waals surface area contributed by atoms with E-state index in [1.54, 1.807) is 24.4 Å². The molecule has 2 aliphatic rings. The fourth-order valence-corrected chi connectivity index (χ4v) is 6.58. The van der Waals surface area contributed by atoms with E-state index in [0.29, 0.717) is 45.5 Å². The number of nitrogens with one attached hydrogen (secondary N) is 1. The van der Waals surface area contributed by atoms with E-state index >= 15 is 0 Å². The van der Waals surface area contributed by atoms with Gasteiger partial charge in [-0.25, -0.2) is 18.4 Å². The zero-order valence-corrected chi connectivity index (χ0v) is 27.4. The quantitative estimate of drug-likeness (QED) is 0.273. The van der Waals surface area contributed by atoms with Gasteiger partial charge >= 0.3 is 0 Å². The third kappa shape index (κ3) is 6.34. The van der Waals surface area contributed by atoms with Crippen LogP contribution < -0.4 is 20.7 Å². The molecule has 2 aromatic heterocycles. The maximum absolute atomic E-state index is 14.1. The lowest BCUT2D eigenvalue weighted by Crippen LogP contribution is -2.47. The van der Waals surface area contributed by atoms with Gasteiger partial charge in [0, 0.05) is 18.0 Å². The number of amides is 3. The van der Waals surface area contributed by atoms with Gasteiger partial charge in [-0.3, -0.25) is 14.4 Å². The van der Waals surface area contributed by atoms with Gasteiger partial charge in [0.05, 0.1) is 42.1 Å². The number of likely N-dealkylation sites (tertiary alicyclic amines) is 1. The maximum atomic E-state index is 14.1. The molecule has 1 atom stereocenters. The number of aromatic nitrogens is 3. The van der Waals surface area contributed by atoms with Crippen molar-refractivity contribution < 1.29 is 27.9 Å². The summed E-state index contributed by atoms with van der Waals surface area (Å²) in [4.78, 5) is 47.9. The Hall–Kier alpha value is -4.91. The third-order valence-electron chi connectivity index (χ3n) is 9.02. The van der Waals surface area contributed by atoms with Crippen molar-refractivity contribution in [2.24, 2.45) is 11.7 Å². The Morgan fingerprint density at radius 1 is 1.10 bits per heavy atom. The monoisotopic (exact) mass is 659 g/mol. The van der Waals surface area contributed by atoms with E-state index < -0.39 is 35.5 Å². The second kappa shape index (κ2) is 13.3. The number of carbonyl (C=O) groups is 3. The van der Waals surface area contributed by atoms with E-state index in [1.165, 1.54) is 18.0 Å². The topological polar surface area (TPSA) is 136 Å². The Bertz CT molecular complexity index is 1900. The normalized spacial score (nSPS) is 17.1. The highest BCUT2D eigenvalue weighted by Crippen LogP contribution is 2.42. The van der Waals surface area contributed by atoms with Gasteiger partial charge in [0.15, 0.2) is 23.4 Å². The van der Waals surface area contributed by atoms with Crippen LogP contribution in [0.4, 0.5) is 14.5 Å². The van der Waals surface area contributed by atoms with Crippen LogP contribution in [0, 0.1) is 17.6 Å². The summed E-state index contributed by atoms with van der Waals surface area (Å²) in [5.74, 6) is -3.14. The number of benzene rings is 2. The summed E-state index contributed by atoms with van der Waals surface area (Å²) < 4.78 is 36.0. The molecule has 0 radical (unpaired) electrons. The van der Waals surface area contributed by atoms with Crippen LogP contribution in [0.2, 0.25) is 0 Å². The molecule has 11 nitrogen and oxygen atoms in total. The van der Waals surface area contributed by atoms with Crippen LogP contribution in [0.25, 0.3) is 22.2 Å². The lowest BCUT2D eigenvalue weighted by Gasteiger charge is -2.34. The summed E-state index contributed by atoms with van der Waals surface area (Å²) in [7, 11) is 3.55. The van der Waals surface area contributed by atoms with Crippen molar-refractivity contribution in [1.82, 2.24) is 25.0 Å². The molecule has 6 rings (SSSR count). The van der Waals surface area contributed by atoms with Crippen molar-refractivity contribution in [3.8, 4) is 16.9 Å². The summed E-state index contributed by atoms with van der Waals surface area (Å²) in [5, 5.41) is 7.94. The fourth-order valence-electron chi connectivity index (χ4n) is 6.58. The number of fused-ring (bicyclic) bond motifs is 2. The van der Waals surface area contributed by atoms with Crippen LogP contribution in [-0.2, 0) is 22.6 Å². The summed E-state index contributed by atoms with van der Waals surface area (Å²) >= 11 is 0. The molecule has 2 aliphatic heterocycles. The van der Waals surface area contributed by atoms with Crippen LogP contribution in [0.5, 0.6) is 5.75 Å². The summed E-state index contributed by atoms with van der Waals surface area (Å²) in [5.41, 5.74) is 9.45. The van der Waals surface area contributed by atoms with Crippen LogP contribution in [0.15, 0.2) is 42.6 Å². The molecule has 0 aliphatic carbocycles. The number of nitrogens with zero attached hydrogens (tertiary/aromatic N) is 5. The number of pyridine rings is 1. The number of ether oxygens (including phenoxy) is 1. The average molecular weight is 660 g/mol. The molecule has 1 fully saturated rings. The Morgan fingerprint density at radius 2 is 1.85 bits per heavy atom. The van der Waals surface area contributed by atoms with Gasteiger partial charge in [0.2, 0.25) is 5.91 Å². The highest BCUT2D eigenvalue weighted by Gasteiger charge is 2.37. The van der Waals surface area contributed by atoms with Gasteiger partial charge < -0.3 is 25.6 Å². The number of nitrogens with two attached hydrogens (primary N) is 1. The molecule has 4 aromatic rings. The van der Waals surface area contributed by atoms with E-state index in [9.17, 15) is 23.2 Å². The molecule has 252 valence electrons. The van der Waals surface area contributed by atoms with Crippen LogP contribution in [-0.4, -0.2) is 70.7 Å². The van der Waals surface area contributed by atoms with Crippen molar-refractivity contribution in [2.75, 3.05) is 32.1 Å². The average Bonchev–Trinajstić information content (AvgIpc) is 3.47. The first-order chi connectivity index (χ1) is 22.9.